The average Bonchev–Trinajstić information content (AvgIpc) is 2.72. The van der Waals surface area contributed by atoms with Crippen LogP contribution in [0.2, 0.25) is 0 Å². The fraction of sp³-hybridized carbons (Fsp3) is 0.750. The van der Waals surface area contributed by atoms with Crippen LogP contribution in [0.5, 0.6) is 0 Å². The molecule has 1 fully saturated rings. The number of nitrogens with zero attached hydrogens (tertiary/aromatic N) is 2. The second-order valence-electron chi connectivity index (χ2n) is 5.15. The molecule has 6 heteroatoms. The fourth-order valence-electron chi connectivity index (χ4n) is 2.52. The Hall–Kier alpha value is -0.880. The number of nitrogens with one attached hydrogen (secondary N) is 1. The van der Waals surface area contributed by atoms with E-state index in [4.69, 9.17) is 0 Å². The SMILES string of the molecule is Cn1ccnc1CNC1CCCC(S(C)(=O)=O)C1. The van der Waals surface area contributed by atoms with Gasteiger partial charge in [0.25, 0.3) is 0 Å². The summed E-state index contributed by atoms with van der Waals surface area (Å²) in [7, 11) is -0.937. The molecule has 0 saturated heterocycles. The van der Waals surface area contributed by atoms with Gasteiger partial charge in [0.15, 0.2) is 0 Å². The molecule has 1 aromatic heterocycles. The van der Waals surface area contributed by atoms with Crippen molar-refractivity contribution in [1.82, 2.24) is 14.9 Å². The molecule has 5 nitrogen and oxygen atoms in total. The van der Waals surface area contributed by atoms with Crippen LogP contribution < -0.4 is 5.32 Å². The molecule has 2 atom stereocenters. The largest absolute Gasteiger partial charge is 0.337 e. The quantitative estimate of drug-likeness (QED) is 0.882. The summed E-state index contributed by atoms with van der Waals surface area (Å²) >= 11 is 0. The first-order valence-corrected chi connectivity index (χ1v) is 8.30. The number of hydrogen-bond donors (Lipinski definition) is 1. The summed E-state index contributed by atoms with van der Waals surface area (Å²) in [6.07, 6.45) is 8.60. The second-order valence-corrected chi connectivity index (χ2v) is 7.48. The Bertz CT molecular complexity index is 495. The van der Waals surface area contributed by atoms with Crippen LogP contribution in [0.3, 0.4) is 0 Å². The van der Waals surface area contributed by atoms with Crippen LogP contribution in [0.25, 0.3) is 0 Å². The standard InChI is InChI=1S/C12H21N3O2S/c1-15-7-6-13-12(15)9-14-10-4-3-5-11(8-10)18(2,16)17/h6-7,10-11,14H,3-5,8-9H2,1-2H3. The van der Waals surface area contributed by atoms with Crippen molar-refractivity contribution in [2.45, 2.75) is 43.5 Å². The molecule has 0 radical (unpaired) electrons. The third kappa shape index (κ3) is 3.32. The first kappa shape index (κ1) is 13.5. The number of imidazole rings is 1. The monoisotopic (exact) mass is 271 g/mol. The van der Waals surface area contributed by atoms with E-state index < -0.39 is 9.84 Å². The summed E-state index contributed by atoms with van der Waals surface area (Å²) in [5.41, 5.74) is 0. The van der Waals surface area contributed by atoms with E-state index in [9.17, 15) is 8.42 Å². The van der Waals surface area contributed by atoms with Crippen LogP contribution in [0.4, 0.5) is 0 Å². The smallest absolute Gasteiger partial charge is 0.150 e. The van der Waals surface area contributed by atoms with Gasteiger partial charge in [-0.2, -0.15) is 0 Å². The van der Waals surface area contributed by atoms with Gasteiger partial charge in [-0.25, -0.2) is 13.4 Å². The van der Waals surface area contributed by atoms with Crippen molar-refractivity contribution in [2.24, 2.45) is 7.05 Å². The lowest BCUT2D eigenvalue weighted by atomic mass is 9.95. The molecule has 2 rings (SSSR count). The van der Waals surface area contributed by atoms with Crippen molar-refractivity contribution in [3.8, 4) is 0 Å². The van der Waals surface area contributed by atoms with Gasteiger partial charge in [-0.1, -0.05) is 6.42 Å². The van der Waals surface area contributed by atoms with E-state index >= 15 is 0 Å². The highest BCUT2D eigenvalue weighted by atomic mass is 32.2. The van der Waals surface area contributed by atoms with Gasteiger partial charge in [0.1, 0.15) is 15.7 Å². The number of sulfone groups is 1. The van der Waals surface area contributed by atoms with E-state index in [1.54, 1.807) is 6.20 Å². The van der Waals surface area contributed by atoms with Gasteiger partial charge < -0.3 is 9.88 Å². The molecule has 0 aromatic carbocycles. The van der Waals surface area contributed by atoms with Gasteiger partial charge in [-0.3, -0.25) is 0 Å². The molecule has 1 N–H and O–H groups in total. The lowest BCUT2D eigenvalue weighted by Gasteiger charge is -2.28. The minimum Gasteiger partial charge on any atom is -0.337 e. The topological polar surface area (TPSA) is 64.0 Å². The number of aromatic nitrogens is 2. The molecule has 18 heavy (non-hydrogen) atoms. The molecule has 0 bridgehead atoms. The summed E-state index contributed by atoms with van der Waals surface area (Å²) in [4.78, 5) is 4.25. The maximum absolute atomic E-state index is 11.6. The van der Waals surface area contributed by atoms with E-state index in [0.717, 1.165) is 31.5 Å². The molecule has 1 heterocycles. The van der Waals surface area contributed by atoms with Gasteiger partial charge in [0.05, 0.1) is 11.8 Å². The fourth-order valence-corrected chi connectivity index (χ4v) is 3.70. The van der Waals surface area contributed by atoms with Crippen LogP contribution in [0, 0.1) is 0 Å². The predicted molar refractivity (Wildman–Crippen MR) is 70.9 cm³/mol. The van der Waals surface area contributed by atoms with Crippen molar-refractivity contribution in [1.29, 1.82) is 0 Å². The second kappa shape index (κ2) is 5.40. The molecule has 0 amide bonds. The number of hydrogen-bond acceptors (Lipinski definition) is 4. The molecule has 1 aromatic rings. The van der Waals surface area contributed by atoms with Gasteiger partial charge in [-0.15, -0.1) is 0 Å². The summed E-state index contributed by atoms with van der Waals surface area (Å²) in [5, 5.41) is 3.24. The lowest BCUT2D eigenvalue weighted by Crippen LogP contribution is -2.38. The van der Waals surface area contributed by atoms with Crippen molar-refractivity contribution in [3.63, 3.8) is 0 Å². The van der Waals surface area contributed by atoms with Crippen molar-refractivity contribution in [3.05, 3.63) is 18.2 Å². The Labute approximate surface area is 109 Å². The maximum atomic E-state index is 11.6. The minimum atomic E-state index is -2.90. The zero-order valence-corrected chi connectivity index (χ0v) is 11.8. The molecule has 1 saturated carbocycles. The number of rotatable bonds is 4. The van der Waals surface area contributed by atoms with Crippen LogP contribution >= 0.6 is 0 Å². The van der Waals surface area contributed by atoms with E-state index in [0.29, 0.717) is 6.54 Å². The third-order valence-corrected chi connectivity index (χ3v) is 5.34. The van der Waals surface area contributed by atoms with E-state index in [1.807, 2.05) is 17.8 Å². The first-order valence-electron chi connectivity index (χ1n) is 6.35. The van der Waals surface area contributed by atoms with E-state index in [2.05, 4.69) is 10.3 Å². The summed E-state index contributed by atoms with van der Waals surface area (Å²) in [6, 6.07) is 0.287. The predicted octanol–water partition coefficient (Wildman–Crippen LogP) is 0.865. The Morgan fingerprint density at radius 1 is 1.50 bits per heavy atom. The van der Waals surface area contributed by atoms with Gasteiger partial charge in [0.2, 0.25) is 0 Å². The zero-order valence-electron chi connectivity index (χ0n) is 11.0. The average molecular weight is 271 g/mol. The lowest BCUT2D eigenvalue weighted by molar-refractivity contribution is 0.366. The first-order chi connectivity index (χ1) is 8.47. The zero-order chi connectivity index (χ0) is 13.2. The van der Waals surface area contributed by atoms with Crippen LogP contribution in [0.15, 0.2) is 12.4 Å². The van der Waals surface area contributed by atoms with Crippen molar-refractivity contribution >= 4 is 9.84 Å². The van der Waals surface area contributed by atoms with Crippen LogP contribution in [0.1, 0.15) is 31.5 Å². The van der Waals surface area contributed by atoms with Crippen LogP contribution in [-0.2, 0) is 23.4 Å². The van der Waals surface area contributed by atoms with Crippen molar-refractivity contribution < 1.29 is 8.42 Å². The highest BCUT2D eigenvalue weighted by molar-refractivity contribution is 7.91. The molecule has 2 unspecified atom stereocenters. The van der Waals surface area contributed by atoms with Gasteiger partial charge in [0, 0.05) is 31.7 Å². The van der Waals surface area contributed by atoms with E-state index in [1.165, 1.54) is 6.26 Å². The molecule has 0 spiro atoms. The third-order valence-electron chi connectivity index (χ3n) is 3.70. The maximum Gasteiger partial charge on any atom is 0.150 e. The molecule has 102 valence electrons. The van der Waals surface area contributed by atoms with Gasteiger partial charge in [-0.05, 0) is 19.3 Å². The molecule has 1 aliphatic rings. The molecular formula is C12H21N3O2S. The summed E-state index contributed by atoms with van der Waals surface area (Å²) in [5.74, 6) is 0.983. The highest BCUT2D eigenvalue weighted by Gasteiger charge is 2.28. The Morgan fingerprint density at radius 3 is 2.89 bits per heavy atom. The summed E-state index contributed by atoms with van der Waals surface area (Å²) in [6.45, 7) is 0.699. The highest BCUT2D eigenvalue weighted by Crippen LogP contribution is 2.23. The van der Waals surface area contributed by atoms with Crippen LogP contribution in [-0.4, -0.2) is 35.5 Å². The number of aryl methyl sites for hydroxylation is 1. The molecular weight excluding hydrogens is 250 g/mol. The van der Waals surface area contributed by atoms with Gasteiger partial charge >= 0.3 is 0 Å². The Morgan fingerprint density at radius 2 is 2.28 bits per heavy atom. The minimum absolute atomic E-state index is 0.176. The van der Waals surface area contributed by atoms with Crippen molar-refractivity contribution in [2.75, 3.05) is 6.26 Å². The normalized spacial score (nSPS) is 25.2. The summed E-state index contributed by atoms with van der Waals surface area (Å²) < 4.78 is 25.1. The Balaban J connectivity index is 1.89. The molecule has 1 aliphatic carbocycles. The molecule has 0 aliphatic heterocycles. The Kier molecular flexibility index (Phi) is 4.07. The van der Waals surface area contributed by atoms with E-state index in [-0.39, 0.29) is 11.3 Å².